The van der Waals surface area contributed by atoms with E-state index >= 15 is 0 Å². The molecule has 4 N–H and O–H groups in total. The lowest BCUT2D eigenvalue weighted by Crippen LogP contribution is -2.83. The van der Waals surface area contributed by atoms with Crippen molar-refractivity contribution in [3.05, 3.63) is 144 Å². The van der Waals surface area contributed by atoms with Crippen molar-refractivity contribution in [2.75, 3.05) is 13.3 Å². The molecule has 1 aliphatic heterocycles. The SMILES string of the molecule is CP(C)(=S)OC1O[C@H](C(O)Cc2ccccc2)[C@](O)(Cc2ccccc2)[C@@](O)(Cc2ccccc2)[C@]1(O)Cc1ccccc1. The van der Waals surface area contributed by atoms with Crippen LogP contribution in [0.4, 0.5) is 0 Å². The first-order chi connectivity index (χ1) is 20.9. The van der Waals surface area contributed by atoms with Crippen LogP contribution in [0.3, 0.4) is 0 Å². The Labute approximate surface area is 265 Å². The van der Waals surface area contributed by atoms with Gasteiger partial charge in [0.25, 0.3) is 0 Å². The molecule has 0 spiro atoms. The van der Waals surface area contributed by atoms with Crippen LogP contribution in [0.2, 0.25) is 0 Å². The molecule has 0 aliphatic carbocycles. The predicted molar refractivity (Wildman–Crippen MR) is 177 cm³/mol. The quantitative estimate of drug-likeness (QED) is 0.175. The van der Waals surface area contributed by atoms with E-state index in [1.807, 2.05) is 121 Å². The van der Waals surface area contributed by atoms with Gasteiger partial charge in [-0.2, -0.15) is 0 Å². The third-order valence-corrected chi connectivity index (χ3v) is 9.44. The van der Waals surface area contributed by atoms with Gasteiger partial charge in [-0.05, 0) is 35.6 Å². The van der Waals surface area contributed by atoms with E-state index in [0.29, 0.717) is 16.7 Å². The van der Waals surface area contributed by atoms with Crippen molar-refractivity contribution in [3.8, 4) is 0 Å². The third kappa shape index (κ3) is 6.91. The summed E-state index contributed by atoms with van der Waals surface area (Å²) < 4.78 is 12.9. The maximum atomic E-state index is 13.2. The molecule has 0 amide bonds. The summed E-state index contributed by atoms with van der Waals surface area (Å²) in [7, 11) is 0. The molecule has 1 fully saturated rings. The second-order valence-corrected chi connectivity index (χ2v) is 17.6. The van der Waals surface area contributed by atoms with Gasteiger partial charge < -0.3 is 29.7 Å². The van der Waals surface area contributed by atoms with Crippen LogP contribution in [-0.2, 0) is 46.8 Å². The molecular weight excluding hydrogens is 591 g/mol. The number of rotatable bonds is 11. The van der Waals surface area contributed by atoms with E-state index < -0.39 is 41.6 Å². The monoisotopic (exact) mass is 632 g/mol. The minimum atomic E-state index is -2.52. The van der Waals surface area contributed by atoms with Crippen molar-refractivity contribution in [1.82, 2.24) is 0 Å². The van der Waals surface area contributed by atoms with Crippen LogP contribution in [0, 0.1) is 0 Å². The highest BCUT2D eigenvalue weighted by molar-refractivity contribution is 8.11. The Morgan fingerprint density at radius 3 is 1.48 bits per heavy atom. The predicted octanol–water partition coefficient (Wildman–Crippen LogP) is 4.91. The summed E-state index contributed by atoms with van der Waals surface area (Å²) in [5.41, 5.74) is -3.72. The van der Waals surface area contributed by atoms with Gasteiger partial charge >= 0.3 is 0 Å². The van der Waals surface area contributed by atoms with Gasteiger partial charge in [0.05, 0.1) is 12.4 Å². The first-order valence-electron chi connectivity index (χ1n) is 14.8. The van der Waals surface area contributed by atoms with Gasteiger partial charge in [0.2, 0.25) is 0 Å². The summed E-state index contributed by atoms with van der Waals surface area (Å²) in [6.45, 7) is 3.54. The fourth-order valence-electron chi connectivity index (χ4n) is 6.37. The maximum absolute atomic E-state index is 13.2. The fraction of sp³-hybridized carbons (Fsp3) is 0.333. The standard InChI is InChI=1S/C36H41O6PS/c1-43(2,44)42-33-35(39,25-29-19-11-5-12-20-29)36(40,26-30-21-13-6-14-22-30)34(38,24-28-17-9-4-10-18-28)32(41-33)31(37)23-27-15-7-3-8-16-27/h3-22,31-33,37-40H,23-26H2,1-2H3/t31?,32-,33?,34-,35+,36+/m1/s1. The number of ether oxygens (including phenoxy) is 1. The number of aliphatic hydroxyl groups is 4. The van der Waals surface area contributed by atoms with E-state index in [4.69, 9.17) is 21.1 Å². The molecule has 2 unspecified atom stereocenters. The molecule has 8 heteroatoms. The molecule has 6 nitrogen and oxygen atoms in total. The fourth-order valence-corrected chi connectivity index (χ4v) is 7.29. The van der Waals surface area contributed by atoms with Crippen molar-refractivity contribution in [2.24, 2.45) is 0 Å². The summed E-state index contributed by atoms with van der Waals surface area (Å²) in [5, 5.41) is 51.1. The van der Waals surface area contributed by atoms with E-state index in [9.17, 15) is 20.4 Å². The van der Waals surface area contributed by atoms with Crippen molar-refractivity contribution < 1.29 is 29.7 Å². The van der Waals surface area contributed by atoms with Gasteiger partial charge in [0, 0.05) is 25.7 Å². The first kappa shape index (κ1) is 32.7. The van der Waals surface area contributed by atoms with Crippen LogP contribution in [0.15, 0.2) is 121 Å². The molecule has 0 radical (unpaired) electrons. The van der Waals surface area contributed by atoms with Crippen LogP contribution in [0.5, 0.6) is 0 Å². The van der Waals surface area contributed by atoms with Crippen molar-refractivity contribution in [1.29, 1.82) is 0 Å². The van der Waals surface area contributed by atoms with Gasteiger partial charge in [-0.3, -0.25) is 0 Å². The molecule has 0 aromatic heterocycles. The normalized spacial score (nSPS) is 28.0. The Bertz CT molecular complexity index is 1540. The maximum Gasteiger partial charge on any atom is 0.194 e. The largest absolute Gasteiger partial charge is 0.390 e. The van der Waals surface area contributed by atoms with Gasteiger partial charge in [-0.25, -0.2) is 0 Å². The molecule has 6 atom stereocenters. The summed E-state index contributed by atoms with van der Waals surface area (Å²) >= 11 is 5.70. The first-order valence-corrected chi connectivity index (χ1v) is 18.4. The third-order valence-electron chi connectivity index (χ3n) is 8.49. The lowest BCUT2D eigenvalue weighted by atomic mass is 9.59. The summed E-state index contributed by atoms with van der Waals surface area (Å²) in [4.78, 5) is 0. The zero-order valence-corrected chi connectivity index (χ0v) is 26.8. The van der Waals surface area contributed by atoms with Crippen LogP contribution < -0.4 is 0 Å². The van der Waals surface area contributed by atoms with Gasteiger partial charge in [0.15, 0.2) is 11.9 Å². The van der Waals surface area contributed by atoms with Crippen molar-refractivity contribution >= 4 is 18.1 Å². The molecule has 1 aliphatic rings. The Kier molecular flexibility index (Phi) is 9.90. The Morgan fingerprint density at radius 1 is 0.659 bits per heavy atom. The molecule has 44 heavy (non-hydrogen) atoms. The average Bonchev–Trinajstić information content (AvgIpc) is 2.99. The molecule has 4 aromatic carbocycles. The minimum Gasteiger partial charge on any atom is -0.390 e. The molecule has 0 bridgehead atoms. The van der Waals surface area contributed by atoms with Crippen LogP contribution in [0.1, 0.15) is 22.3 Å². The van der Waals surface area contributed by atoms with E-state index in [-0.39, 0.29) is 25.7 Å². The summed E-state index contributed by atoms with van der Waals surface area (Å²) in [5.74, 6) is 0. The summed E-state index contributed by atoms with van der Waals surface area (Å²) in [6, 6.07) is 37.2. The summed E-state index contributed by atoms with van der Waals surface area (Å²) in [6.07, 6.45) is -6.82. The van der Waals surface area contributed by atoms with Gasteiger partial charge in [-0.15, -0.1) is 0 Å². The number of benzene rings is 4. The highest BCUT2D eigenvalue weighted by Crippen LogP contribution is 2.54. The zero-order valence-electron chi connectivity index (χ0n) is 25.1. The highest BCUT2D eigenvalue weighted by Gasteiger charge is 2.73. The zero-order chi connectivity index (χ0) is 31.4. The van der Waals surface area contributed by atoms with E-state index in [1.165, 1.54) is 0 Å². The molecule has 5 rings (SSSR count). The van der Waals surface area contributed by atoms with E-state index in [1.54, 1.807) is 13.3 Å². The molecule has 0 saturated carbocycles. The lowest BCUT2D eigenvalue weighted by Gasteiger charge is -2.62. The molecule has 4 aromatic rings. The van der Waals surface area contributed by atoms with Crippen LogP contribution >= 0.6 is 6.26 Å². The number of aliphatic hydroxyl groups excluding tert-OH is 1. The molecular formula is C36H41O6PS. The number of hydrogen-bond acceptors (Lipinski definition) is 7. The number of hydrogen-bond donors (Lipinski definition) is 4. The smallest absolute Gasteiger partial charge is 0.194 e. The lowest BCUT2D eigenvalue weighted by molar-refractivity contribution is -0.395. The van der Waals surface area contributed by atoms with Gasteiger partial charge in [0.1, 0.15) is 17.3 Å². The molecule has 232 valence electrons. The Hall–Kier alpha value is -2.71. The highest BCUT2D eigenvalue weighted by atomic mass is 32.4. The second-order valence-electron chi connectivity index (χ2n) is 12.2. The average molecular weight is 633 g/mol. The topological polar surface area (TPSA) is 99.4 Å². The van der Waals surface area contributed by atoms with Crippen LogP contribution in [0.25, 0.3) is 0 Å². The van der Waals surface area contributed by atoms with E-state index in [2.05, 4.69) is 0 Å². The second kappa shape index (κ2) is 13.3. The minimum absolute atomic E-state index is 0.101. The van der Waals surface area contributed by atoms with Crippen LogP contribution in [-0.4, -0.2) is 69.1 Å². The Morgan fingerprint density at radius 2 is 1.05 bits per heavy atom. The molecule has 1 heterocycles. The van der Waals surface area contributed by atoms with Gasteiger partial charge in [-0.1, -0.05) is 133 Å². The Balaban J connectivity index is 1.73. The van der Waals surface area contributed by atoms with Crippen molar-refractivity contribution in [3.63, 3.8) is 0 Å². The van der Waals surface area contributed by atoms with Crippen molar-refractivity contribution in [2.45, 2.75) is 61.0 Å². The van der Waals surface area contributed by atoms with E-state index in [0.717, 1.165) is 5.56 Å². The molecule has 1 saturated heterocycles.